The molecule has 0 bridgehead atoms. The lowest BCUT2D eigenvalue weighted by Crippen LogP contribution is -2.39. The van der Waals surface area contributed by atoms with E-state index in [9.17, 15) is 0 Å². The highest BCUT2D eigenvalue weighted by Crippen LogP contribution is 2.17. The van der Waals surface area contributed by atoms with E-state index < -0.39 is 0 Å². The van der Waals surface area contributed by atoms with Crippen molar-refractivity contribution in [1.29, 1.82) is 0 Å². The summed E-state index contributed by atoms with van der Waals surface area (Å²) in [6.07, 6.45) is 15.6. The SMILES string of the molecule is CCOCC(C)NC1CCCCCCCCCCC1. The molecule has 1 atom stereocenters. The zero-order chi connectivity index (χ0) is 13.8. The van der Waals surface area contributed by atoms with Crippen LogP contribution < -0.4 is 5.32 Å². The Morgan fingerprint density at radius 1 is 0.895 bits per heavy atom. The fraction of sp³-hybridized carbons (Fsp3) is 1.00. The molecular weight excluding hydrogens is 234 g/mol. The lowest BCUT2D eigenvalue weighted by molar-refractivity contribution is 0.122. The minimum atomic E-state index is 0.498. The van der Waals surface area contributed by atoms with Gasteiger partial charge in [-0.2, -0.15) is 0 Å². The van der Waals surface area contributed by atoms with Crippen molar-refractivity contribution in [3.05, 3.63) is 0 Å². The summed E-state index contributed by atoms with van der Waals surface area (Å²) in [5.74, 6) is 0. The molecule has 0 aromatic heterocycles. The molecule has 1 aliphatic rings. The first-order chi connectivity index (χ1) is 9.33. The Labute approximate surface area is 120 Å². The van der Waals surface area contributed by atoms with Gasteiger partial charge in [-0.3, -0.25) is 0 Å². The predicted octanol–water partition coefficient (Wildman–Crippen LogP) is 4.67. The van der Waals surface area contributed by atoms with Gasteiger partial charge in [-0.1, -0.05) is 57.8 Å². The molecule has 1 rings (SSSR count). The predicted molar refractivity (Wildman–Crippen MR) is 83.7 cm³/mol. The largest absolute Gasteiger partial charge is 0.380 e. The van der Waals surface area contributed by atoms with Crippen molar-refractivity contribution in [2.45, 2.75) is 96.6 Å². The van der Waals surface area contributed by atoms with Gasteiger partial charge in [0.15, 0.2) is 0 Å². The van der Waals surface area contributed by atoms with Crippen molar-refractivity contribution >= 4 is 0 Å². The van der Waals surface area contributed by atoms with Crippen LogP contribution in [0.2, 0.25) is 0 Å². The van der Waals surface area contributed by atoms with Crippen LogP contribution in [-0.2, 0) is 4.74 Å². The number of nitrogens with one attached hydrogen (secondary N) is 1. The zero-order valence-electron chi connectivity index (χ0n) is 13.3. The summed E-state index contributed by atoms with van der Waals surface area (Å²) in [7, 11) is 0. The minimum Gasteiger partial charge on any atom is -0.380 e. The van der Waals surface area contributed by atoms with E-state index in [1.54, 1.807) is 0 Å². The molecule has 1 unspecified atom stereocenters. The van der Waals surface area contributed by atoms with E-state index in [2.05, 4.69) is 19.2 Å². The summed E-state index contributed by atoms with van der Waals surface area (Å²) in [5, 5.41) is 3.78. The van der Waals surface area contributed by atoms with E-state index in [-0.39, 0.29) is 0 Å². The van der Waals surface area contributed by atoms with Gasteiger partial charge < -0.3 is 10.1 Å². The molecule has 0 aromatic carbocycles. The maximum absolute atomic E-state index is 5.51. The zero-order valence-corrected chi connectivity index (χ0v) is 13.3. The first kappa shape index (κ1) is 17.0. The van der Waals surface area contributed by atoms with E-state index in [4.69, 9.17) is 4.74 Å². The molecule has 1 aliphatic carbocycles. The minimum absolute atomic E-state index is 0.498. The van der Waals surface area contributed by atoms with Crippen LogP contribution in [0.1, 0.15) is 84.5 Å². The lowest BCUT2D eigenvalue weighted by Gasteiger charge is -2.24. The van der Waals surface area contributed by atoms with Crippen LogP contribution in [0.4, 0.5) is 0 Å². The van der Waals surface area contributed by atoms with Crippen molar-refractivity contribution in [3.63, 3.8) is 0 Å². The van der Waals surface area contributed by atoms with Crippen LogP contribution >= 0.6 is 0 Å². The number of hydrogen-bond acceptors (Lipinski definition) is 2. The van der Waals surface area contributed by atoms with Gasteiger partial charge in [-0.25, -0.2) is 0 Å². The Kier molecular flexibility index (Phi) is 10.5. The third-order valence-corrected chi connectivity index (χ3v) is 4.20. The molecule has 1 N–H and O–H groups in total. The lowest BCUT2D eigenvalue weighted by atomic mass is 9.97. The van der Waals surface area contributed by atoms with Gasteiger partial charge in [-0.05, 0) is 26.7 Å². The van der Waals surface area contributed by atoms with Crippen LogP contribution in [0.25, 0.3) is 0 Å². The van der Waals surface area contributed by atoms with Gasteiger partial charge in [0, 0.05) is 18.7 Å². The van der Waals surface area contributed by atoms with Crippen molar-refractivity contribution in [2.75, 3.05) is 13.2 Å². The molecule has 114 valence electrons. The van der Waals surface area contributed by atoms with Crippen LogP contribution in [0, 0.1) is 0 Å². The Bertz CT molecular complexity index is 184. The maximum atomic E-state index is 5.51. The van der Waals surface area contributed by atoms with Crippen LogP contribution in [0.5, 0.6) is 0 Å². The van der Waals surface area contributed by atoms with Crippen molar-refractivity contribution in [1.82, 2.24) is 5.32 Å². The summed E-state index contributed by atoms with van der Waals surface area (Å²) < 4.78 is 5.51. The quantitative estimate of drug-likeness (QED) is 0.783. The molecule has 0 radical (unpaired) electrons. The van der Waals surface area contributed by atoms with Crippen molar-refractivity contribution in [2.24, 2.45) is 0 Å². The molecule has 0 heterocycles. The second-order valence-electron chi connectivity index (χ2n) is 6.18. The topological polar surface area (TPSA) is 21.3 Å². The average Bonchev–Trinajstić information content (AvgIpc) is 2.39. The summed E-state index contributed by atoms with van der Waals surface area (Å²) in [5.41, 5.74) is 0. The van der Waals surface area contributed by atoms with E-state index in [1.165, 1.54) is 70.6 Å². The summed E-state index contributed by atoms with van der Waals surface area (Å²) in [6, 6.07) is 1.22. The Balaban J connectivity index is 2.25. The average molecular weight is 269 g/mol. The normalized spacial score (nSPS) is 22.4. The second kappa shape index (κ2) is 11.7. The number of rotatable bonds is 5. The molecule has 2 heteroatoms. The molecule has 19 heavy (non-hydrogen) atoms. The van der Waals surface area contributed by atoms with Gasteiger partial charge in [0.1, 0.15) is 0 Å². The van der Waals surface area contributed by atoms with Crippen LogP contribution in [-0.4, -0.2) is 25.3 Å². The Hall–Kier alpha value is -0.0800. The van der Waals surface area contributed by atoms with Crippen molar-refractivity contribution < 1.29 is 4.74 Å². The highest BCUT2D eigenvalue weighted by molar-refractivity contribution is 4.72. The fourth-order valence-electron chi connectivity index (χ4n) is 3.08. The van der Waals surface area contributed by atoms with E-state index in [0.717, 1.165) is 19.3 Å². The van der Waals surface area contributed by atoms with Gasteiger partial charge in [0.25, 0.3) is 0 Å². The molecule has 0 spiro atoms. The fourth-order valence-corrected chi connectivity index (χ4v) is 3.08. The Morgan fingerprint density at radius 2 is 1.37 bits per heavy atom. The van der Waals surface area contributed by atoms with E-state index in [1.807, 2.05) is 0 Å². The van der Waals surface area contributed by atoms with E-state index >= 15 is 0 Å². The van der Waals surface area contributed by atoms with Crippen molar-refractivity contribution in [3.8, 4) is 0 Å². The third-order valence-electron chi connectivity index (χ3n) is 4.20. The van der Waals surface area contributed by atoms with Crippen LogP contribution in [0.15, 0.2) is 0 Å². The number of hydrogen-bond donors (Lipinski definition) is 1. The van der Waals surface area contributed by atoms with Crippen LogP contribution in [0.3, 0.4) is 0 Å². The van der Waals surface area contributed by atoms with Gasteiger partial charge in [-0.15, -0.1) is 0 Å². The van der Waals surface area contributed by atoms with Gasteiger partial charge >= 0.3 is 0 Å². The van der Waals surface area contributed by atoms with Gasteiger partial charge in [0.05, 0.1) is 6.61 Å². The Morgan fingerprint density at radius 3 is 1.84 bits per heavy atom. The number of ether oxygens (including phenoxy) is 1. The first-order valence-electron chi connectivity index (χ1n) is 8.66. The standard InChI is InChI=1S/C17H35NO/c1-3-19-15-16(2)18-17-13-11-9-7-5-4-6-8-10-12-14-17/h16-18H,3-15H2,1-2H3. The first-order valence-corrected chi connectivity index (χ1v) is 8.66. The van der Waals surface area contributed by atoms with Gasteiger partial charge in [0.2, 0.25) is 0 Å². The highest BCUT2D eigenvalue weighted by atomic mass is 16.5. The summed E-state index contributed by atoms with van der Waals surface area (Å²) in [4.78, 5) is 0. The maximum Gasteiger partial charge on any atom is 0.0616 e. The molecule has 0 aliphatic heterocycles. The second-order valence-corrected chi connectivity index (χ2v) is 6.18. The summed E-state index contributed by atoms with van der Waals surface area (Å²) in [6.45, 7) is 6.01. The molecule has 0 aromatic rings. The molecule has 0 amide bonds. The monoisotopic (exact) mass is 269 g/mol. The molecule has 1 saturated carbocycles. The summed E-state index contributed by atoms with van der Waals surface area (Å²) >= 11 is 0. The molecular formula is C17H35NO. The molecule has 0 saturated heterocycles. The van der Waals surface area contributed by atoms with E-state index in [0.29, 0.717) is 6.04 Å². The highest BCUT2D eigenvalue weighted by Gasteiger charge is 2.12. The molecule has 2 nitrogen and oxygen atoms in total. The third kappa shape index (κ3) is 9.45. The molecule has 1 fully saturated rings. The smallest absolute Gasteiger partial charge is 0.0616 e.